The first-order chi connectivity index (χ1) is 10.1. The molecule has 1 atom stereocenters. The fourth-order valence-corrected chi connectivity index (χ4v) is 2.41. The van der Waals surface area contributed by atoms with Crippen molar-refractivity contribution in [3.8, 4) is 6.07 Å². The Kier molecular flexibility index (Phi) is 7.78. The summed E-state index contributed by atoms with van der Waals surface area (Å²) >= 11 is 0. The van der Waals surface area contributed by atoms with E-state index in [0.717, 1.165) is 37.3 Å². The SMILES string of the molecule is CCCNC(CC)c1ccc(N(CCC#N)C(C)C)cn1. The first-order valence-electron chi connectivity index (χ1n) is 7.96. The minimum absolute atomic E-state index is 0.325. The number of anilines is 1. The molecule has 0 fully saturated rings. The Morgan fingerprint density at radius 2 is 2.10 bits per heavy atom. The van der Waals surface area contributed by atoms with Crippen LogP contribution in [0.4, 0.5) is 5.69 Å². The molecule has 1 aromatic heterocycles. The van der Waals surface area contributed by atoms with Crippen molar-refractivity contribution in [2.45, 2.75) is 59.0 Å². The number of pyridine rings is 1. The fourth-order valence-electron chi connectivity index (χ4n) is 2.41. The van der Waals surface area contributed by atoms with Crippen LogP contribution in [0.15, 0.2) is 18.3 Å². The lowest BCUT2D eigenvalue weighted by Crippen LogP contribution is -2.31. The van der Waals surface area contributed by atoms with Crippen molar-refractivity contribution >= 4 is 5.69 Å². The number of aromatic nitrogens is 1. The standard InChI is InChI=1S/C17H28N4/c1-5-11-19-16(6-2)17-9-8-15(13-20-17)21(14(3)4)12-7-10-18/h8-9,13-14,16,19H,5-7,11-12H2,1-4H3. The molecule has 1 N–H and O–H groups in total. The molecule has 0 amide bonds. The van der Waals surface area contributed by atoms with Crippen LogP contribution in [0.2, 0.25) is 0 Å². The van der Waals surface area contributed by atoms with E-state index in [-0.39, 0.29) is 0 Å². The Morgan fingerprint density at radius 3 is 2.57 bits per heavy atom. The van der Waals surface area contributed by atoms with Gasteiger partial charge in [0.25, 0.3) is 0 Å². The summed E-state index contributed by atoms with van der Waals surface area (Å²) in [6, 6.07) is 7.13. The summed E-state index contributed by atoms with van der Waals surface area (Å²) < 4.78 is 0. The molecule has 0 aliphatic heterocycles. The topological polar surface area (TPSA) is 52.0 Å². The zero-order valence-electron chi connectivity index (χ0n) is 13.8. The van der Waals surface area contributed by atoms with E-state index in [1.807, 2.05) is 6.20 Å². The van der Waals surface area contributed by atoms with Gasteiger partial charge in [-0.2, -0.15) is 5.26 Å². The van der Waals surface area contributed by atoms with Gasteiger partial charge in [-0.25, -0.2) is 0 Å². The van der Waals surface area contributed by atoms with Gasteiger partial charge in [-0.3, -0.25) is 4.98 Å². The van der Waals surface area contributed by atoms with Crippen LogP contribution in [-0.4, -0.2) is 24.1 Å². The normalized spacial score (nSPS) is 12.2. The molecule has 0 aromatic carbocycles. The summed E-state index contributed by atoms with van der Waals surface area (Å²) in [6.45, 7) is 10.4. The predicted octanol–water partition coefficient (Wildman–Crippen LogP) is 3.66. The highest BCUT2D eigenvalue weighted by atomic mass is 15.2. The Bertz CT molecular complexity index is 433. The van der Waals surface area contributed by atoms with E-state index >= 15 is 0 Å². The molecule has 0 radical (unpaired) electrons. The summed E-state index contributed by atoms with van der Waals surface area (Å²) in [5.74, 6) is 0. The van der Waals surface area contributed by atoms with Crippen LogP contribution in [0.3, 0.4) is 0 Å². The maximum atomic E-state index is 8.77. The van der Waals surface area contributed by atoms with E-state index in [0.29, 0.717) is 18.5 Å². The van der Waals surface area contributed by atoms with Crippen LogP contribution in [-0.2, 0) is 0 Å². The lowest BCUT2D eigenvalue weighted by Gasteiger charge is -2.28. The number of nitrogens with zero attached hydrogens (tertiary/aromatic N) is 3. The predicted molar refractivity (Wildman–Crippen MR) is 88.3 cm³/mol. The molecule has 0 saturated carbocycles. The average Bonchev–Trinajstić information content (AvgIpc) is 2.49. The highest BCUT2D eigenvalue weighted by Gasteiger charge is 2.13. The number of hydrogen-bond donors (Lipinski definition) is 1. The van der Waals surface area contributed by atoms with Gasteiger partial charge in [0, 0.05) is 18.6 Å². The van der Waals surface area contributed by atoms with Crippen molar-refractivity contribution in [1.29, 1.82) is 5.26 Å². The van der Waals surface area contributed by atoms with Gasteiger partial charge in [-0.15, -0.1) is 0 Å². The number of nitriles is 1. The molecule has 0 spiro atoms. The Morgan fingerprint density at radius 1 is 1.33 bits per heavy atom. The zero-order valence-corrected chi connectivity index (χ0v) is 13.8. The molecule has 4 heteroatoms. The Balaban J connectivity index is 2.81. The van der Waals surface area contributed by atoms with Crippen LogP contribution in [0.1, 0.15) is 58.7 Å². The maximum absolute atomic E-state index is 8.77. The molecule has 1 aromatic rings. The van der Waals surface area contributed by atoms with E-state index in [1.165, 1.54) is 0 Å². The van der Waals surface area contributed by atoms with Crippen molar-refractivity contribution in [3.63, 3.8) is 0 Å². The quantitative estimate of drug-likeness (QED) is 0.753. The minimum atomic E-state index is 0.325. The van der Waals surface area contributed by atoms with Crippen LogP contribution < -0.4 is 10.2 Å². The second-order valence-electron chi connectivity index (χ2n) is 5.55. The van der Waals surface area contributed by atoms with Crippen LogP contribution >= 0.6 is 0 Å². The first kappa shape index (κ1) is 17.5. The minimum Gasteiger partial charge on any atom is -0.367 e. The Hall–Kier alpha value is -1.60. The second kappa shape index (κ2) is 9.36. The monoisotopic (exact) mass is 288 g/mol. The van der Waals surface area contributed by atoms with E-state index in [2.05, 4.69) is 61.1 Å². The van der Waals surface area contributed by atoms with Gasteiger partial charge in [-0.05, 0) is 45.4 Å². The molecule has 1 unspecified atom stereocenters. The van der Waals surface area contributed by atoms with Gasteiger partial charge >= 0.3 is 0 Å². The molecule has 4 nitrogen and oxygen atoms in total. The average molecular weight is 288 g/mol. The fraction of sp³-hybridized carbons (Fsp3) is 0.647. The molecule has 116 valence electrons. The van der Waals surface area contributed by atoms with Gasteiger partial charge in [0.1, 0.15) is 0 Å². The lowest BCUT2D eigenvalue weighted by atomic mass is 10.1. The summed E-state index contributed by atoms with van der Waals surface area (Å²) in [5.41, 5.74) is 2.19. The summed E-state index contributed by atoms with van der Waals surface area (Å²) in [4.78, 5) is 6.85. The number of nitrogens with one attached hydrogen (secondary N) is 1. The third kappa shape index (κ3) is 5.35. The summed E-state index contributed by atoms with van der Waals surface area (Å²) in [5, 5.41) is 12.3. The summed E-state index contributed by atoms with van der Waals surface area (Å²) in [7, 11) is 0. The third-order valence-corrected chi connectivity index (χ3v) is 3.60. The molecule has 0 saturated heterocycles. The molecule has 0 aliphatic rings. The first-order valence-corrected chi connectivity index (χ1v) is 7.96. The molecule has 0 bridgehead atoms. The van der Waals surface area contributed by atoms with Gasteiger partial charge < -0.3 is 10.2 Å². The van der Waals surface area contributed by atoms with Crippen molar-refractivity contribution in [3.05, 3.63) is 24.0 Å². The van der Waals surface area contributed by atoms with Crippen LogP contribution in [0.25, 0.3) is 0 Å². The number of rotatable bonds is 9. The third-order valence-electron chi connectivity index (χ3n) is 3.60. The molecule has 1 heterocycles. The molecule has 0 aliphatic carbocycles. The highest BCUT2D eigenvalue weighted by molar-refractivity contribution is 5.45. The molecule has 1 rings (SSSR count). The van der Waals surface area contributed by atoms with E-state index in [9.17, 15) is 0 Å². The van der Waals surface area contributed by atoms with Crippen molar-refractivity contribution in [2.75, 3.05) is 18.0 Å². The molecular weight excluding hydrogens is 260 g/mol. The van der Waals surface area contributed by atoms with Crippen molar-refractivity contribution in [1.82, 2.24) is 10.3 Å². The van der Waals surface area contributed by atoms with Crippen LogP contribution in [0, 0.1) is 11.3 Å². The zero-order chi connectivity index (χ0) is 15.7. The highest BCUT2D eigenvalue weighted by Crippen LogP contribution is 2.20. The smallest absolute Gasteiger partial charge is 0.0640 e. The second-order valence-corrected chi connectivity index (χ2v) is 5.55. The lowest BCUT2D eigenvalue weighted by molar-refractivity contribution is 0.507. The van der Waals surface area contributed by atoms with Gasteiger partial charge in [0.05, 0.1) is 30.1 Å². The largest absolute Gasteiger partial charge is 0.367 e. The van der Waals surface area contributed by atoms with E-state index in [4.69, 9.17) is 5.26 Å². The van der Waals surface area contributed by atoms with Crippen molar-refractivity contribution < 1.29 is 0 Å². The molecule has 21 heavy (non-hydrogen) atoms. The molecular formula is C17H28N4. The maximum Gasteiger partial charge on any atom is 0.0640 e. The van der Waals surface area contributed by atoms with E-state index < -0.39 is 0 Å². The Labute approximate surface area is 129 Å². The van der Waals surface area contributed by atoms with Gasteiger partial charge in [0.15, 0.2) is 0 Å². The van der Waals surface area contributed by atoms with E-state index in [1.54, 1.807) is 0 Å². The number of hydrogen-bond acceptors (Lipinski definition) is 4. The van der Waals surface area contributed by atoms with Crippen molar-refractivity contribution in [2.24, 2.45) is 0 Å². The van der Waals surface area contributed by atoms with Gasteiger partial charge in [-0.1, -0.05) is 13.8 Å². The summed E-state index contributed by atoms with van der Waals surface area (Å²) in [6.07, 6.45) is 4.64. The van der Waals surface area contributed by atoms with Crippen LogP contribution in [0.5, 0.6) is 0 Å². The van der Waals surface area contributed by atoms with Gasteiger partial charge in [0.2, 0.25) is 0 Å².